The summed E-state index contributed by atoms with van der Waals surface area (Å²) in [5.41, 5.74) is 23.3. The third-order valence-electron chi connectivity index (χ3n) is 10.1. The summed E-state index contributed by atoms with van der Waals surface area (Å²) in [5, 5.41) is 0. The van der Waals surface area contributed by atoms with Gasteiger partial charge >= 0.3 is 0 Å². The van der Waals surface area contributed by atoms with Crippen LogP contribution in [0.25, 0.3) is 22.3 Å². The fourth-order valence-electron chi connectivity index (χ4n) is 6.28. The second-order valence-corrected chi connectivity index (χ2v) is 14.5. The first-order chi connectivity index (χ1) is 26.2. The van der Waals surface area contributed by atoms with Gasteiger partial charge in [0.05, 0.1) is 6.04 Å². The van der Waals surface area contributed by atoms with Gasteiger partial charge in [-0.3, -0.25) is 0 Å². The van der Waals surface area contributed by atoms with Crippen molar-refractivity contribution in [3.8, 4) is 0 Å². The van der Waals surface area contributed by atoms with Crippen LogP contribution < -0.4 is 5.73 Å². The second-order valence-electron chi connectivity index (χ2n) is 14.5. The molecule has 0 spiro atoms. The first-order valence-corrected chi connectivity index (χ1v) is 20.9. The van der Waals surface area contributed by atoms with Crippen LogP contribution in [0.1, 0.15) is 155 Å². The average molecular weight is 742 g/mol. The summed E-state index contributed by atoms with van der Waals surface area (Å²) >= 11 is 0. The second kappa shape index (κ2) is 27.4. The van der Waals surface area contributed by atoms with E-state index in [1.54, 1.807) is 0 Å². The average Bonchev–Trinajstić information content (AvgIpc) is 3.20. The zero-order valence-corrected chi connectivity index (χ0v) is 37.8. The molecule has 0 bridgehead atoms. The van der Waals surface area contributed by atoms with Gasteiger partial charge in [-0.2, -0.15) is 0 Å². The maximum atomic E-state index is 6.64. The Kier molecular flexibility index (Phi) is 25.3. The number of nitrogens with two attached hydrogens (primary N) is 1. The predicted octanol–water partition coefficient (Wildman–Crippen LogP) is 16.6. The Labute approximate surface area is 340 Å². The van der Waals surface area contributed by atoms with E-state index in [2.05, 4.69) is 153 Å². The van der Waals surface area contributed by atoms with Crippen molar-refractivity contribution in [3.05, 3.63) is 167 Å². The van der Waals surface area contributed by atoms with Crippen molar-refractivity contribution in [1.29, 1.82) is 0 Å². The third-order valence-corrected chi connectivity index (χ3v) is 10.1. The molecule has 300 valence electrons. The lowest BCUT2D eigenvalue weighted by Gasteiger charge is -2.39. The molecular weight excluding hydrogens is 663 g/mol. The molecule has 2 unspecified atom stereocenters. The predicted molar refractivity (Wildman–Crippen MR) is 254 cm³/mol. The van der Waals surface area contributed by atoms with E-state index in [-0.39, 0.29) is 11.5 Å². The Morgan fingerprint density at radius 2 is 1.16 bits per heavy atom. The van der Waals surface area contributed by atoms with Crippen LogP contribution in [0.2, 0.25) is 0 Å². The van der Waals surface area contributed by atoms with Gasteiger partial charge in [0.1, 0.15) is 0 Å². The van der Waals surface area contributed by atoms with Gasteiger partial charge in [0, 0.05) is 0 Å². The van der Waals surface area contributed by atoms with E-state index in [0.717, 1.165) is 42.4 Å². The van der Waals surface area contributed by atoms with Crippen LogP contribution in [0.3, 0.4) is 0 Å². The van der Waals surface area contributed by atoms with E-state index in [9.17, 15) is 0 Å². The fraction of sp³-hybridized carbons (Fsp3) is 0.407. The number of benzene rings is 3. The Balaban J connectivity index is 0.000000745. The quantitative estimate of drug-likeness (QED) is 0.240. The normalized spacial score (nSPS) is 17.5. The molecule has 3 aromatic rings. The number of hydrogen-bond donors (Lipinski definition) is 1. The molecular formula is C54H79N. The lowest BCUT2D eigenvalue weighted by Crippen LogP contribution is -2.37. The minimum atomic E-state index is 0.00864. The molecule has 0 aliphatic heterocycles. The van der Waals surface area contributed by atoms with Gasteiger partial charge in [-0.1, -0.05) is 206 Å². The van der Waals surface area contributed by atoms with Crippen molar-refractivity contribution in [3.63, 3.8) is 0 Å². The van der Waals surface area contributed by atoms with Crippen LogP contribution >= 0.6 is 0 Å². The lowest BCUT2D eigenvalue weighted by molar-refractivity contribution is 0.363. The summed E-state index contributed by atoms with van der Waals surface area (Å²) in [4.78, 5) is 0. The Hall–Kier alpha value is -4.20. The van der Waals surface area contributed by atoms with Crippen LogP contribution in [0.4, 0.5) is 0 Å². The highest BCUT2D eigenvalue weighted by molar-refractivity contribution is 5.77. The zero-order valence-electron chi connectivity index (χ0n) is 37.8. The molecule has 1 nitrogen and oxygen atoms in total. The van der Waals surface area contributed by atoms with Crippen molar-refractivity contribution < 1.29 is 0 Å². The van der Waals surface area contributed by atoms with Gasteiger partial charge in [-0.15, -0.1) is 0 Å². The highest BCUT2D eigenvalue weighted by Crippen LogP contribution is 2.44. The highest BCUT2D eigenvalue weighted by Gasteiger charge is 2.35. The van der Waals surface area contributed by atoms with Crippen LogP contribution in [-0.2, 0) is 6.42 Å². The maximum absolute atomic E-state index is 6.64. The van der Waals surface area contributed by atoms with Crippen molar-refractivity contribution in [1.82, 2.24) is 0 Å². The molecule has 2 N–H and O–H groups in total. The summed E-state index contributed by atoms with van der Waals surface area (Å²) in [6.07, 6.45) is 16.1. The first kappa shape index (κ1) is 50.8. The SMILES string of the molecule is C=C(C)c1ccc(C2=CCC(C)(CC)/C(=C\CC)C2N)cc1.C=C(C)c1ccccc1C(=C)C.CC.CC.CC1=CCCC=C1C.CCc1ccc(C)cc1. The van der Waals surface area contributed by atoms with Gasteiger partial charge in [-0.05, 0) is 124 Å². The fourth-order valence-corrected chi connectivity index (χ4v) is 6.28. The Morgan fingerprint density at radius 1 is 0.691 bits per heavy atom. The number of aryl methyl sites for hydroxylation is 2. The standard InChI is InChI=1S/C21H29N.C12H14.C9H12.C8H12.2C2H6/c1-6-8-19-20(22)18(13-14-21(19,5)7-2)17-11-9-16(10-12-17)15(3)4;1-9(2)11-7-5-6-8-12(11)10(3)4;1-3-9-6-4-8(2)5-7-9;1-7-5-3-4-6-8(7)2;2*1-2/h8-13,20H,3,6-7,14,22H2,1-2,4-5H3;5-8H,1,3H2,2,4H3;4-7H,3H2,1-2H3;5-6H,3-4H2,1-2H3;2*1-2H3/b19-8-;;;;;. The number of allylic oxidation sites excluding steroid dienone is 9. The molecule has 2 aliphatic carbocycles. The monoisotopic (exact) mass is 742 g/mol. The topological polar surface area (TPSA) is 26.0 Å². The van der Waals surface area contributed by atoms with Crippen LogP contribution in [0.5, 0.6) is 0 Å². The minimum Gasteiger partial charge on any atom is -0.321 e. The molecule has 0 fully saturated rings. The Bertz CT molecular complexity index is 1670. The molecule has 0 radical (unpaired) electrons. The van der Waals surface area contributed by atoms with Crippen LogP contribution in [0.15, 0.2) is 134 Å². The third kappa shape index (κ3) is 17.0. The molecule has 0 heterocycles. The minimum absolute atomic E-state index is 0.00864. The largest absolute Gasteiger partial charge is 0.321 e. The summed E-state index contributed by atoms with van der Waals surface area (Å²) in [5.74, 6) is 0. The molecule has 0 saturated heterocycles. The molecule has 1 heteroatoms. The summed E-state index contributed by atoms with van der Waals surface area (Å²) in [7, 11) is 0. The van der Waals surface area contributed by atoms with Crippen molar-refractivity contribution in [2.24, 2.45) is 11.1 Å². The van der Waals surface area contributed by atoms with Crippen LogP contribution in [-0.4, -0.2) is 6.04 Å². The van der Waals surface area contributed by atoms with Gasteiger partial charge in [0.15, 0.2) is 0 Å². The van der Waals surface area contributed by atoms with Gasteiger partial charge < -0.3 is 5.73 Å². The molecule has 0 saturated carbocycles. The van der Waals surface area contributed by atoms with Crippen LogP contribution in [0, 0.1) is 12.3 Å². The molecule has 0 aromatic heterocycles. The zero-order chi connectivity index (χ0) is 42.1. The van der Waals surface area contributed by atoms with E-state index >= 15 is 0 Å². The van der Waals surface area contributed by atoms with Crippen molar-refractivity contribution in [2.75, 3.05) is 0 Å². The van der Waals surface area contributed by atoms with E-state index < -0.39 is 0 Å². The highest BCUT2D eigenvalue weighted by atomic mass is 14.7. The molecule has 55 heavy (non-hydrogen) atoms. The lowest BCUT2D eigenvalue weighted by atomic mass is 9.67. The van der Waals surface area contributed by atoms with E-state index in [1.165, 1.54) is 68.5 Å². The van der Waals surface area contributed by atoms with E-state index in [1.807, 2.05) is 60.6 Å². The summed E-state index contributed by atoms with van der Waals surface area (Å²) in [6.45, 7) is 41.3. The molecule has 0 amide bonds. The van der Waals surface area contributed by atoms with E-state index in [4.69, 9.17) is 5.73 Å². The molecule has 2 atom stereocenters. The Morgan fingerprint density at radius 3 is 1.53 bits per heavy atom. The molecule has 5 rings (SSSR count). The van der Waals surface area contributed by atoms with Gasteiger partial charge in [0.2, 0.25) is 0 Å². The van der Waals surface area contributed by atoms with E-state index in [0.29, 0.717) is 0 Å². The summed E-state index contributed by atoms with van der Waals surface area (Å²) < 4.78 is 0. The smallest absolute Gasteiger partial charge is 0.0519 e. The molecule has 3 aromatic carbocycles. The van der Waals surface area contributed by atoms with Gasteiger partial charge in [0.25, 0.3) is 0 Å². The number of hydrogen-bond acceptors (Lipinski definition) is 1. The van der Waals surface area contributed by atoms with Crippen molar-refractivity contribution >= 4 is 22.3 Å². The summed E-state index contributed by atoms with van der Waals surface area (Å²) in [6, 6.07) is 25.5. The first-order valence-electron chi connectivity index (χ1n) is 20.9. The van der Waals surface area contributed by atoms with Crippen molar-refractivity contribution in [2.45, 2.75) is 141 Å². The van der Waals surface area contributed by atoms with Gasteiger partial charge in [-0.25, -0.2) is 0 Å². The molecule has 2 aliphatic rings. The number of rotatable bonds is 7. The maximum Gasteiger partial charge on any atom is 0.0519 e.